The lowest BCUT2D eigenvalue weighted by Gasteiger charge is -2.23. The molecule has 2 fully saturated rings. The van der Waals surface area contributed by atoms with Crippen molar-refractivity contribution in [2.75, 3.05) is 13.1 Å². The Balaban J connectivity index is 0.000000882. The predicted molar refractivity (Wildman–Crippen MR) is 96.1 cm³/mol. The zero-order valence-corrected chi connectivity index (χ0v) is 14.2. The number of hydrogen-bond acceptors (Lipinski definition) is 3. The molecular formula is C17H23Cl2N3. The fourth-order valence-corrected chi connectivity index (χ4v) is 3.58. The van der Waals surface area contributed by atoms with Gasteiger partial charge in [0, 0.05) is 37.1 Å². The SMILES string of the molecule is Cl.Cl.c1ccc2nc(CN3CCC4CCC(C3)N4)ccc2c1. The summed E-state index contributed by atoms with van der Waals surface area (Å²) in [5.74, 6) is 0. The molecule has 2 aliphatic heterocycles. The van der Waals surface area contributed by atoms with Gasteiger partial charge in [0.1, 0.15) is 0 Å². The Kier molecular flexibility index (Phi) is 6.04. The van der Waals surface area contributed by atoms with E-state index in [0.29, 0.717) is 6.04 Å². The summed E-state index contributed by atoms with van der Waals surface area (Å²) in [6, 6.07) is 14.2. The summed E-state index contributed by atoms with van der Waals surface area (Å²) in [6.07, 6.45) is 3.99. The fourth-order valence-electron chi connectivity index (χ4n) is 3.58. The number of rotatable bonds is 2. The first-order chi connectivity index (χ1) is 9.87. The highest BCUT2D eigenvalue weighted by Gasteiger charge is 2.29. The summed E-state index contributed by atoms with van der Waals surface area (Å²) in [5, 5.41) is 4.97. The van der Waals surface area contributed by atoms with Crippen molar-refractivity contribution in [3.05, 3.63) is 42.1 Å². The molecule has 2 aromatic rings. The molecular weight excluding hydrogens is 317 g/mol. The second kappa shape index (κ2) is 7.60. The number of fused-ring (bicyclic) bond motifs is 3. The second-order valence-corrected chi connectivity index (χ2v) is 6.16. The highest BCUT2D eigenvalue weighted by Crippen LogP contribution is 2.21. The maximum Gasteiger partial charge on any atom is 0.0705 e. The van der Waals surface area contributed by atoms with Gasteiger partial charge in [0.15, 0.2) is 0 Å². The molecule has 2 aliphatic rings. The number of nitrogens with zero attached hydrogens (tertiary/aromatic N) is 2. The van der Waals surface area contributed by atoms with Crippen molar-refractivity contribution in [3.63, 3.8) is 0 Å². The summed E-state index contributed by atoms with van der Waals surface area (Å²) in [4.78, 5) is 7.36. The van der Waals surface area contributed by atoms with E-state index in [1.165, 1.54) is 43.4 Å². The molecule has 2 unspecified atom stereocenters. The molecule has 2 bridgehead atoms. The number of likely N-dealkylation sites (tertiary alicyclic amines) is 1. The van der Waals surface area contributed by atoms with Gasteiger partial charge in [0.2, 0.25) is 0 Å². The summed E-state index contributed by atoms with van der Waals surface area (Å²) in [5.41, 5.74) is 2.31. The summed E-state index contributed by atoms with van der Waals surface area (Å²) in [6.45, 7) is 3.35. The van der Waals surface area contributed by atoms with E-state index in [0.717, 1.165) is 18.1 Å². The van der Waals surface area contributed by atoms with Crippen LogP contribution in [0.4, 0.5) is 0 Å². The molecule has 2 atom stereocenters. The molecule has 5 heteroatoms. The van der Waals surface area contributed by atoms with Crippen LogP contribution in [0.3, 0.4) is 0 Å². The highest BCUT2D eigenvalue weighted by molar-refractivity contribution is 5.85. The molecule has 1 aromatic carbocycles. The quantitative estimate of drug-likeness (QED) is 0.908. The van der Waals surface area contributed by atoms with E-state index in [9.17, 15) is 0 Å². The smallest absolute Gasteiger partial charge is 0.0705 e. The van der Waals surface area contributed by atoms with Crippen molar-refractivity contribution < 1.29 is 0 Å². The summed E-state index contributed by atoms with van der Waals surface area (Å²) >= 11 is 0. The van der Waals surface area contributed by atoms with Crippen LogP contribution in [0, 0.1) is 0 Å². The average molecular weight is 340 g/mol. The van der Waals surface area contributed by atoms with Crippen molar-refractivity contribution in [3.8, 4) is 0 Å². The van der Waals surface area contributed by atoms with Crippen LogP contribution in [-0.2, 0) is 6.54 Å². The minimum Gasteiger partial charge on any atom is -0.310 e. The van der Waals surface area contributed by atoms with Crippen molar-refractivity contribution in [2.24, 2.45) is 0 Å². The Morgan fingerprint density at radius 2 is 1.82 bits per heavy atom. The Hall–Kier alpha value is -0.870. The van der Waals surface area contributed by atoms with E-state index in [1.807, 2.05) is 0 Å². The molecule has 4 rings (SSSR count). The lowest BCUT2D eigenvalue weighted by atomic mass is 10.1. The Morgan fingerprint density at radius 3 is 2.73 bits per heavy atom. The first kappa shape index (κ1) is 17.5. The van der Waals surface area contributed by atoms with Gasteiger partial charge in [-0.2, -0.15) is 0 Å². The van der Waals surface area contributed by atoms with Crippen molar-refractivity contribution in [2.45, 2.75) is 37.9 Å². The lowest BCUT2D eigenvalue weighted by Crippen LogP contribution is -2.35. The first-order valence-electron chi connectivity index (χ1n) is 7.70. The van der Waals surface area contributed by atoms with Gasteiger partial charge < -0.3 is 5.32 Å². The van der Waals surface area contributed by atoms with E-state index < -0.39 is 0 Å². The minimum absolute atomic E-state index is 0. The zero-order chi connectivity index (χ0) is 13.4. The predicted octanol–water partition coefficient (Wildman–Crippen LogP) is 3.40. The molecule has 0 amide bonds. The van der Waals surface area contributed by atoms with Gasteiger partial charge in [0.05, 0.1) is 11.2 Å². The Morgan fingerprint density at radius 1 is 1.00 bits per heavy atom. The third kappa shape index (κ3) is 3.72. The minimum atomic E-state index is 0. The topological polar surface area (TPSA) is 28.2 Å². The van der Waals surface area contributed by atoms with Crippen LogP contribution in [0.1, 0.15) is 25.0 Å². The van der Waals surface area contributed by atoms with Crippen LogP contribution in [0.25, 0.3) is 10.9 Å². The van der Waals surface area contributed by atoms with E-state index in [4.69, 9.17) is 4.98 Å². The number of benzene rings is 1. The van der Waals surface area contributed by atoms with Crippen LogP contribution in [0.5, 0.6) is 0 Å². The van der Waals surface area contributed by atoms with Crippen LogP contribution < -0.4 is 5.32 Å². The van der Waals surface area contributed by atoms with Gasteiger partial charge in [-0.05, 0) is 31.4 Å². The number of para-hydroxylation sites is 1. The Labute approximate surface area is 144 Å². The Bertz CT molecular complexity index is 620. The van der Waals surface area contributed by atoms with Crippen molar-refractivity contribution in [1.82, 2.24) is 15.2 Å². The molecule has 2 saturated heterocycles. The molecule has 0 radical (unpaired) electrons. The van der Waals surface area contributed by atoms with Gasteiger partial charge in [-0.3, -0.25) is 9.88 Å². The van der Waals surface area contributed by atoms with Crippen molar-refractivity contribution in [1.29, 1.82) is 0 Å². The lowest BCUT2D eigenvalue weighted by molar-refractivity contribution is 0.248. The van der Waals surface area contributed by atoms with Crippen LogP contribution >= 0.6 is 24.8 Å². The number of aromatic nitrogens is 1. The summed E-state index contributed by atoms with van der Waals surface area (Å²) < 4.78 is 0. The standard InChI is InChI=1S/C17H21N3.2ClH/c1-2-4-17-13(3-1)5-6-16(19-17)12-20-10-9-14-7-8-15(11-20)18-14;;/h1-6,14-15,18H,7-12H2;2*1H. The van der Waals surface area contributed by atoms with Gasteiger partial charge in [-0.15, -0.1) is 24.8 Å². The molecule has 0 saturated carbocycles. The summed E-state index contributed by atoms with van der Waals surface area (Å²) in [7, 11) is 0. The molecule has 1 aromatic heterocycles. The maximum absolute atomic E-state index is 4.80. The van der Waals surface area contributed by atoms with Gasteiger partial charge >= 0.3 is 0 Å². The van der Waals surface area contributed by atoms with Crippen LogP contribution in [0.15, 0.2) is 36.4 Å². The molecule has 3 nitrogen and oxygen atoms in total. The van der Waals surface area contributed by atoms with E-state index >= 15 is 0 Å². The third-order valence-electron chi connectivity index (χ3n) is 4.65. The fraction of sp³-hybridized carbons (Fsp3) is 0.471. The van der Waals surface area contributed by atoms with E-state index in [1.54, 1.807) is 0 Å². The molecule has 120 valence electrons. The van der Waals surface area contributed by atoms with Gasteiger partial charge in [-0.1, -0.05) is 24.3 Å². The monoisotopic (exact) mass is 339 g/mol. The number of hydrogen-bond donors (Lipinski definition) is 1. The van der Waals surface area contributed by atoms with Crippen LogP contribution in [-0.4, -0.2) is 35.1 Å². The molecule has 0 aliphatic carbocycles. The average Bonchev–Trinajstić information content (AvgIpc) is 2.81. The molecule has 3 heterocycles. The molecule has 22 heavy (non-hydrogen) atoms. The second-order valence-electron chi connectivity index (χ2n) is 6.16. The van der Waals surface area contributed by atoms with Crippen molar-refractivity contribution >= 4 is 35.7 Å². The van der Waals surface area contributed by atoms with Crippen LogP contribution in [0.2, 0.25) is 0 Å². The van der Waals surface area contributed by atoms with Gasteiger partial charge in [0.25, 0.3) is 0 Å². The maximum atomic E-state index is 4.80. The van der Waals surface area contributed by atoms with E-state index in [-0.39, 0.29) is 24.8 Å². The number of halogens is 2. The zero-order valence-electron chi connectivity index (χ0n) is 12.6. The highest BCUT2D eigenvalue weighted by atomic mass is 35.5. The molecule has 0 spiro atoms. The third-order valence-corrected chi connectivity index (χ3v) is 4.65. The van der Waals surface area contributed by atoms with Gasteiger partial charge in [-0.25, -0.2) is 0 Å². The largest absolute Gasteiger partial charge is 0.310 e. The molecule has 1 N–H and O–H groups in total. The number of nitrogens with one attached hydrogen (secondary N) is 1. The first-order valence-corrected chi connectivity index (χ1v) is 7.70. The van der Waals surface area contributed by atoms with E-state index in [2.05, 4.69) is 46.6 Å². The number of pyridine rings is 1. The normalized spacial score (nSPS) is 24.4.